The van der Waals surface area contributed by atoms with Crippen molar-refractivity contribution in [3.8, 4) is 0 Å². The average molecular weight is 452 g/mol. The third kappa shape index (κ3) is 5.48. The SMILES string of the molecule is O=C(O)C(F)(F)F.O=S(=O)(C1CC1)N1CCO[C@H]2[C@@H](OCc3ccccn3)CC[C@@H]21. The Balaban J connectivity index is 0.000000318. The van der Waals surface area contributed by atoms with Crippen molar-refractivity contribution < 1.29 is 41.0 Å². The minimum Gasteiger partial charge on any atom is -0.475 e. The summed E-state index contributed by atoms with van der Waals surface area (Å²) in [7, 11) is -3.15. The van der Waals surface area contributed by atoms with Gasteiger partial charge in [-0.25, -0.2) is 13.2 Å². The second-order valence-corrected chi connectivity index (χ2v) is 9.47. The van der Waals surface area contributed by atoms with Crippen LogP contribution in [0.2, 0.25) is 0 Å². The predicted molar refractivity (Wildman–Crippen MR) is 97.9 cm³/mol. The molecule has 168 valence electrons. The number of carboxylic acid groups (broad SMARTS) is 1. The smallest absolute Gasteiger partial charge is 0.475 e. The van der Waals surface area contributed by atoms with Gasteiger partial charge in [0.1, 0.15) is 6.10 Å². The van der Waals surface area contributed by atoms with Crippen LogP contribution in [0, 0.1) is 0 Å². The normalized spacial score (nSPS) is 27.1. The van der Waals surface area contributed by atoms with Crippen LogP contribution in [0.5, 0.6) is 0 Å². The first kappa shape index (κ1) is 22.9. The topological polar surface area (TPSA) is 106 Å². The fourth-order valence-electron chi connectivity index (χ4n) is 3.61. The number of sulfonamides is 1. The van der Waals surface area contributed by atoms with Crippen LogP contribution in [0.25, 0.3) is 0 Å². The van der Waals surface area contributed by atoms with Gasteiger partial charge in [0.2, 0.25) is 10.0 Å². The summed E-state index contributed by atoms with van der Waals surface area (Å²) in [4.78, 5) is 13.2. The Labute approximate surface area is 172 Å². The number of nitrogens with zero attached hydrogens (tertiary/aromatic N) is 2. The maximum absolute atomic E-state index is 12.6. The van der Waals surface area contributed by atoms with E-state index >= 15 is 0 Å². The lowest BCUT2D eigenvalue weighted by Crippen LogP contribution is -2.54. The van der Waals surface area contributed by atoms with Gasteiger partial charge in [0, 0.05) is 12.7 Å². The lowest BCUT2D eigenvalue weighted by Gasteiger charge is -2.38. The van der Waals surface area contributed by atoms with E-state index in [0.29, 0.717) is 19.8 Å². The Hall–Kier alpha value is -1.76. The number of rotatable bonds is 5. The van der Waals surface area contributed by atoms with Gasteiger partial charge in [-0.15, -0.1) is 0 Å². The number of ether oxygens (including phenoxy) is 2. The lowest BCUT2D eigenvalue weighted by molar-refractivity contribution is -0.192. The van der Waals surface area contributed by atoms with E-state index in [2.05, 4.69) is 4.98 Å². The first-order chi connectivity index (χ1) is 14.1. The summed E-state index contributed by atoms with van der Waals surface area (Å²) in [6.45, 7) is 1.37. The van der Waals surface area contributed by atoms with Gasteiger partial charge in [0.25, 0.3) is 0 Å². The lowest BCUT2D eigenvalue weighted by atomic mass is 10.1. The average Bonchev–Trinajstić information content (AvgIpc) is 3.48. The zero-order chi connectivity index (χ0) is 21.9. The molecule has 2 heterocycles. The van der Waals surface area contributed by atoms with Crippen LogP contribution in [-0.2, 0) is 30.9 Å². The molecule has 1 aromatic heterocycles. The molecule has 0 bridgehead atoms. The number of hydrogen-bond donors (Lipinski definition) is 1. The van der Waals surface area contributed by atoms with Crippen LogP contribution >= 0.6 is 0 Å². The highest BCUT2D eigenvalue weighted by atomic mass is 32.2. The van der Waals surface area contributed by atoms with Crippen LogP contribution in [0.3, 0.4) is 0 Å². The Morgan fingerprint density at radius 1 is 1.27 bits per heavy atom. The van der Waals surface area contributed by atoms with Crippen molar-refractivity contribution in [2.75, 3.05) is 13.2 Å². The second-order valence-electron chi connectivity index (χ2n) is 7.31. The van der Waals surface area contributed by atoms with E-state index in [-0.39, 0.29) is 23.5 Å². The highest BCUT2D eigenvalue weighted by Gasteiger charge is 2.50. The maximum Gasteiger partial charge on any atom is 0.490 e. The molecule has 3 atom stereocenters. The molecule has 1 aliphatic heterocycles. The Kier molecular flexibility index (Phi) is 7.00. The van der Waals surface area contributed by atoms with Gasteiger partial charge in [-0.1, -0.05) is 6.07 Å². The molecule has 1 N–H and O–H groups in total. The number of morpholine rings is 1. The molecule has 1 aromatic rings. The Morgan fingerprint density at radius 3 is 2.53 bits per heavy atom. The number of pyridine rings is 1. The first-order valence-corrected chi connectivity index (χ1v) is 11.0. The summed E-state index contributed by atoms with van der Waals surface area (Å²) in [5.41, 5.74) is 0.884. The molecule has 1 saturated heterocycles. The predicted octanol–water partition coefficient (Wildman–Crippen LogP) is 1.96. The maximum atomic E-state index is 12.6. The number of aromatic nitrogens is 1. The molecule has 0 radical (unpaired) electrons. The molecular formula is C18H23F3N2O6S. The molecule has 0 aromatic carbocycles. The number of carbonyl (C=O) groups is 1. The number of carboxylic acids is 1. The second kappa shape index (κ2) is 9.16. The molecule has 4 rings (SSSR count). The van der Waals surface area contributed by atoms with Gasteiger partial charge >= 0.3 is 12.1 Å². The van der Waals surface area contributed by atoms with E-state index in [0.717, 1.165) is 31.4 Å². The standard InChI is InChI=1S/C16H22N2O4S.C2HF3O2/c19-23(20,13-4-5-13)18-9-10-21-16-14(18)6-7-15(16)22-11-12-3-1-2-8-17-12;3-2(4,5)1(6)7/h1-3,8,13-16H,4-7,9-11H2;(H,6,7)/t14-,15-,16+;/m0./s1. The minimum absolute atomic E-state index is 0.0563. The van der Waals surface area contributed by atoms with Crippen LogP contribution in [0.1, 0.15) is 31.4 Å². The van der Waals surface area contributed by atoms with Crippen LogP contribution in [-0.4, -0.2) is 71.6 Å². The van der Waals surface area contributed by atoms with Gasteiger partial charge in [0.15, 0.2) is 0 Å². The molecule has 0 unspecified atom stereocenters. The molecule has 2 aliphatic carbocycles. The summed E-state index contributed by atoms with van der Waals surface area (Å²) < 4.78 is 70.5. The van der Waals surface area contributed by atoms with Crippen molar-refractivity contribution in [2.24, 2.45) is 0 Å². The summed E-state index contributed by atoms with van der Waals surface area (Å²) in [5.74, 6) is -2.76. The summed E-state index contributed by atoms with van der Waals surface area (Å²) in [6.07, 6.45) is -0.299. The van der Waals surface area contributed by atoms with E-state index in [4.69, 9.17) is 19.4 Å². The minimum atomic E-state index is -5.08. The molecule has 0 amide bonds. The zero-order valence-corrected chi connectivity index (χ0v) is 16.8. The molecule has 12 heteroatoms. The number of hydrogen-bond acceptors (Lipinski definition) is 6. The van der Waals surface area contributed by atoms with Crippen molar-refractivity contribution in [3.05, 3.63) is 30.1 Å². The molecule has 3 aliphatic rings. The van der Waals surface area contributed by atoms with Crippen molar-refractivity contribution in [1.82, 2.24) is 9.29 Å². The zero-order valence-electron chi connectivity index (χ0n) is 16.0. The van der Waals surface area contributed by atoms with E-state index < -0.39 is 22.2 Å². The van der Waals surface area contributed by atoms with Crippen LogP contribution in [0.4, 0.5) is 13.2 Å². The van der Waals surface area contributed by atoms with Crippen molar-refractivity contribution in [1.29, 1.82) is 0 Å². The van der Waals surface area contributed by atoms with E-state index in [1.54, 1.807) is 10.5 Å². The summed E-state index contributed by atoms with van der Waals surface area (Å²) in [6, 6.07) is 5.67. The van der Waals surface area contributed by atoms with Crippen molar-refractivity contribution in [3.63, 3.8) is 0 Å². The molecule has 2 saturated carbocycles. The highest BCUT2D eigenvalue weighted by molar-refractivity contribution is 7.90. The van der Waals surface area contributed by atoms with E-state index in [1.165, 1.54) is 0 Å². The third-order valence-electron chi connectivity index (χ3n) is 5.17. The third-order valence-corrected chi connectivity index (χ3v) is 7.59. The Morgan fingerprint density at radius 2 is 1.97 bits per heavy atom. The van der Waals surface area contributed by atoms with Crippen LogP contribution < -0.4 is 0 Å². The van der Waals surface area contributed by atoms with Crippen molar-refractivity contribution in [2.45, 2.75) is 62.0 Å². The number of halogens is 3. The molecule has 3 fully saturated rings. The van der Waals surface area contributed by atoms with Gasteiger partial charge in [0.05, 0.1) is 36.3 Å². The first-order valence-electron chi connectivity index (χ1n) is 9.54. The summed E-state index contributed by atoms with van der Waals surface area (Å²) in [5, 5.41) is 6.97. The van der Waals surface area contributed by atoms with Gasteiger partial charge in [-0.2, -0.15) is 17.5 Å². The molecular weight excluding hydrogens is 429 g/mol. The largest absolute Gasteiger partial charge is 0.490 e. The van der Waals surface area contributed by atoms with Gasteiger partial charge < -0.3 is 14.6 Å². The molecule has 8 nitrogen and oxygen atoms in total. The Bertz CT molecular complexity index is 832. The van der Waals surface area contributed by atoms with E-state index in [1.807, 2.05) is 18.2 Å². The highest BCUT2D eigenvalue weighted by Crippen LogP contribution is 2.38. The number of alkyl halides is 3. The number of fused-ring (bicyclic) bond motifs is 1. The number of aliphatic carboxylic acids is 1. The van der Waals surface area contributed by atoms with E-state index in [9.17, 15) is 21.6 Å². The summed E-state index contributed by atoms with van der Waals surface area (Å²) >= 11 is 0. The van der Waals surface area contributed by atoms with Crippen LogP contribution in [0.15, 0.2) is 24.4 Å². The quantitative estimate of drug-likeness (QED) is 0.728. The molecule has 30 heavy (non-hydrogen) atoms. The van der Waals surface area contributed by atoms with Gasteiger partial charge in [-0.3, -0.25) is 4.98 Å². The van der Waals surface area contributed by atoms with Crippen molar-refractivity contribution >= 4 is 16.0 Å². The monoisotopic (exact) mass is 452 g/mol. The fourth-order valence-corrected chi connectivity index (χ4v) is 5.66. The van der Waals surface area contributed by atoms with Gasteiger partial charge in [-0.05, 0) is 37.8 Å². The molecule has 0 spiro atoms. The fraction of sp³-hybridized carbons (Fsp3) is 0.667.